The van der Waals surface area contributed by atoms with E-state index >= 15 is 0 Å². The molecule has 1 heterocycles. The highest BCUT2D eigenvalue weighted by atomic mass is 35.5. The summed E-state index contributed by atoms with van der Waals surface area (Å²) in [6.45, 7) is 5.96. The molecule has 0 fully saturated rings. The third-order valence-electron chi connectivity index (χ3n) is 2.64. The normalized spacial score (nSPS) is 10.5. The van der Waals surface area contributed by atoms with E-state index in [0.29, 0.717) is 21.4 Å². The zero-order valence-electron chi connectivity index (χ0n) is 10.9. The van der Waals surface area contributed by atoms with Crippen molar-refractivity contribution in [1.82, 2.24) is 4.37 Å². The van der Waals surface area contributed by atoms with Gasteiger partial charge >= 0.3 is 0 Å². The number of hydrogen-bond donors (Lipinski definition) is 0. The van der Waals surface area contributed by atoms with Gasteiger partial charge in [0, 0.05) is 11.5 Å². The highest BCUT2D eigenvalue weighted by Gasteiger charge is 2.18. The molecule has 0 unspecified atom stereocenters. The van der Waals surface area contributed by atoms with E-state index < -0.39 is 0 Å². The lowest BCUT2D eigenvalue weighted by molar-refractivity contribution is 0.494. The first-order chi connectivity index (χ1) is 9.02. The van der Waals surface area contributed by atoms with Crippen LogP contribution in [0.4, 0.5) is 0 Å². The Morgan fingerprint density at radius 3 is 2.79 bits per heavy atom. The molecule has 0 aliphatic rings. The van der Waals surface area contributed by atoms with Gasteiger partial charge in [0.25, 0.3) is 0 Å². The largest absolute Gasteiger partial charge is 0.442 e. The number of nitrogens with zero attached hydrogens (tertiary/aromatic N) is 2. The topological polar surface area (TPSA) is 45.9 Å². The fourth-order valence-electron chi connectivity index (χ4n) is 1.64. The molecule has 0 aliphatic heterocycles. The lowest BCUT2D eigenvalue weighted by Gasteiger charge is -2.06. The molecular weight excluding hydrogens is 280 g/mol. The quantitative estimate of drug-likeness (QED) is 0.809. The van der Waals surface area contributed by atoms with Gasteiger partial charge in [0.1, 0.15) is 17.4 Å². The van der Waals surface area contributed by atoms with Gasteiger partial charge in [0.2, 0.25) is 5.06 Å². The van der Waals surface area contributed by atoms with E-state index in [2.05, 4.69) is 10.4 Å². The summed E-state index contributed by atoms with van der Waals surface area (Å²) in [6.07, 6.45) is 0. The summed E-state index contributed by atoms with van der Waals surface area (Å²) in [5, 5.41) is 10.3. The fourth-order valence-corrected chi connectivity index (χ4v) is 2.65. The monoisotopic (exact) mass is 292 g/mol. The van der Waals surface area contributed by atoms with Crippen LogP contribution in [0.5, 0.6) is 10.8 Å². The second-order valence-electron chi connectivity index (χ2n) is 4.53. The van der Waals surface area contributed by atoms with E-state index in [9.17, 15) is 5.26 Å². The maximum absolute atomic E-state index is 9.24. The van der Waals surface area contributed by atoms with E-state index in [1.54, 1.807) is 6.07 Å². The first kappa shape index (κ1) is 13.9. The standard InChI is InChI=1S/C14H13ClN2OS/c1-8(2)13-10(7-16)14(19-17-13)18-12-6-9(3)4-5-11(12)15/h4-6,8H,1-3H3. The number of benzene rings is 1. The lowest BCUT2D eigenvalue weighted by Crippen LogP contribution is -1.92. The van der Waals surface area contributed by atoms with Crippen molar-refractivity contribution in [2.75, 3.05) is 0 Å². The summed E-state index contributed by atoms with van der Waals surface area (Å²) in [6, 6.07) is 7.69. The molecule has 0 bridgehead atoms. The van der Waals surface area contributed by atoms with Crippen LogP contribution in [-0.4, -0.2) is 4.37 Å². The molecule has 19 heavy (non-hydrogen) atoms. The minimum Gasteiger partial charge on any atom is -0.442 e. The van der Waals surface area contributed by atoms with Crippen LogP contribution in [0.2, 0.25) is 5.02 Å². The number of aromatic nitrogens is 1. The molecule has 0 N–H and O–H groups in total. The maximum atomic E-state index is 9.24. The minimum absolute atomic E-state index is 0.191. The summed E-state index contributed by atoms with van der Waals surface area (Å²) in [4.78, 5) is 0. The molecule has 0 atom stereocenters. The lowest BCUT2D eigenvalue weighted by atomic mass is 10.1. The minimum atomic E-state index is 0.191. The van der Waals surface area contributed by atoms with Crippen molar-refractivity contribution in [2.45, 2.75) is 26.7 Å². The molecule has 98 valence electrons. The number of rotatable bonds is 3. The van der Waals surface area contributed by atoms with Gasteiger partial charge in [-0.15, -0.1) is 0 Å². The van der Waals surface area contributed by atoms with E-state index in [1.165, 1.54) is 11.5 Å². The van der Waals surface area contributed by atoms with Crippen molar-refractivity contribution >= 4 is 23.1 Å². The van der Waals surface area contributed by atoms with Crippen molar-refractivity contribution in [3.63, 3.8) is 0 Å². The van der Waals surface area contributed by atoms with Crippen molar-refractivity contribution in [2.24, 2.45) is 0 Å². The Kier molecular flexibility index (Phi) is 4.08. The van der Waals surface area contributed by atoms with Crippen molar-refractivity contribution in [1.29, 1.82) is 5.26 Å². The van der Waals surface area contributed by atoms with Gasteiger partial charge in [-0.05, 0) is 30.5 Å². The summed E-state index contributed by atoms with van der Waals surface area (Å²) in [7, 11) is 0. The smallest absolute Gasteiger partial charge is 0.218 e. The summed E-state index contributed by atoms with van der Waals surface area (Å²) in [5.41, 5.74) is 2.32. The third kappa shape index (κ3) is 2.89. The predicted molar refractivity (Wildman–Crippen MR) is 77.2 cm³/mol. The van der Waals surface area contributed by atoms with Crippen LogP contribution >= 0.6 is 23.1 Å². The Hall–Kier alpha value is -1.57. The fraction of sp³-hybridized carbons (Fsp3) is 0.286. The first-order valence-electron chi connectivity index (χ1n) is 5.86. The van der Waals surface area contributed by atoms with Gasteiger partial charge in [-0.2, -0.15) is 9.64 Å². The van der Waals surface area contributed by atoms with Crippen LogP contribution in [0.25, 0.3) is 0 Å². The molecule has 2 aromatic rings. The van der Waals surface area contributed by atoms with Gasteiger partial charge in [0.15, 0.2) is 0 Å². The van der Waals surface area contributed by atoms with E-state index in [0.717, 1.165) is 11.3 Å². The average molecular weight is 293 g/mol. The van der Waals surface area contributed by atoms with Gasteiger partial charge in [-0.3, -0.25) is 0 Å². The van der Waals surface area contributed by atoms with Crippen molar-refractivity contribution in [3.05, 3.63) is 40.0 Å². The van der Waals surface area contributed by atoms with E-state index in [1.807, 2.05) is 32.9 Å². The van der Waals surface area contributed by atoms with Crippen LogP contribution in [0.15, 0.2) is 18.2 Å². The van der Waals surface area contributed by atoms with Crippen LogP contribution in [0.3, 0.4) is 0 Å². The molecule has 0 spiro atoms. The highest BCUT2D eigenvalue weighted by Crippen LogP contribution is 2.37. The Morgan fingerprint density at radius 2 is 2.16 bits per heavy atom. The third-order valence-corrected chi connectivity index (χ3v) is 3.69. The van der Waals surface area contributed by atoms with Crippen LogP contribution < -0.4 is 4.74 Å². The van der Waals surface area contributed by atoms with Gasteiger partial charge in [-0.25, -0.2) is 0 Å². The van der Waals surface area contributed by atoms with Gasteiger partial charge in [-0.1, -0.05) is 31.5 Å². The summed E-state index contributed by atoms with van der Waals surface area (Å²) in [5.74, 6) is 0.744. The summed E-state index contributed by atoms with van der Waals surface area (Å²) >= 11 is 7.27. The Morgan fingerprint density at radius 1 is 1.42 bits per heavy atom. The van der Waals surface area contributed by atoms with Crippen LogP contribution in [0, 0.1) is 18.3 Å². The van der Waals surface area contributed by atoms with Gasteiger partial charge in [0.05, 0.1) is 10.7 Å². The number of nitriles is 1. The van der Waals surface area contributed by atoms with Crippen molar-refractivity contribution in [3.8, 4) is 16.9 Å². The van der Waals surface area contributed by atoms with Gasteiger partial charge < -0.3 is 4.74 Å². The number of halogens is 1. The molecule has 1 aromatic heterocycles. The number of hydrogen-bond acceptors (Lipinski definition) is 4. The van der Waals surface area contributed by atoms with Crippen molar-refractivity contribution < 1.29 is 4.74 Å². The molecule has 0 saturated heterocycles. The molecule has 3 nitrogen and oxygen atoms in total. The second-order valence-corrected chi connectivity index (χ2v) is 5.68. The van der Waals surface area contributed by atoms with Crippen LogP contribution in [-0.2, 0) is 0 Å². The highest BCUT2D eigenvalue weighted by molar-refractivity contribution is 7.08. The average Bonchev–Trinajstić information content (AvgIpc) is 2.76. The predicted octanol–water partition coefficient (Wildman–Crippen LogP) is 4.89. The first-order valence-corrected chi connectivity index (χ1v) is 7.01. The molecule has 0 amide bonds. The second kappa shape index (κ2) is 5.60. The SMILES string of the molecule is Cc1ccc(Cl)c(Oc2snc(C(C)C)c2C#N)c1. The number of ether oxygens (including phenoxy) is 1. The molecule has 5 heteroatoms. The molecular formula is C14H13ClN2OS. The van der Waals surface area contributed by atoms with Crippen LogP contribution in [0.1, 0.15) is 36.6 Å². The molecule has 1 aromatic carbocycles. The Bertz CT molecular complexity index is 643. The molecule has 0 saturated carbocycles. The molecule has 2 rings (SSSR count). The van der Waals surface area contributed by atoms with E-state index in [-0.39, 0.29) is 5.92 Å². The summed E-state index contributed by atoms with van der Waals surface area (Å²) < 4.78 is 10.0. The van der Waals surface area contributed by atoms with E-state index in [4.69, 9.17) is 16.3 Å². The Labute approximate surface area is 121 Å². The zero-order valence-corrected chi connectivity index (χ0v) is 12.5. The zero-order chi connectivity index (χ0) is 14.0. The maximum Gasteiger partial charge on any atom is 0.218 e. The number of aryl methyl sites for hydroxylation is 1. The Balaban J connectivity index is 2.39. The molecule has 0 radical (unpaired) electrons. The molecule has 0 aliphatic carbocycles.